The van der Waals surface area contributed by atoms with Crippen molar-refractivity contribution >= 4 is 5.69 Å². The molecule has 0 saturated heterocycles. The first-order chi connectivity index (χ1) is 8.74. The number of hydrogen-bond donors (Lipinski definition) is 1. The molecule has 1 atom stereocenters. The van der Waals surface area contributed by atoms with Crippen LogP contribution in [0.25, 0.3) is 0 Å². The number of hydrogen-bond acceptors (Lipinski definition) is 2. The van der Waals surface area contributed by atoms with Crippen molar-refractivity contribution in [1.29, 1.82) is 0 Å². The van der Waals surface area contributed by atoms with Crippen LogP contribution in [-0.4, -0.2) is 4.90 Å². The summed E-state index contributed by atoms with van der Waals surface area (Å²) in [5.74, 6) is 0. The summed E-state index contributed by atoms with van der Waals surface area (Å²) in [6, 6.07) is 17.3. The van der Waals surface area contributed by atoms with Crippen LogP contribution in [0.3, 0.4) is 0 Å². The highest BCUT2D eigenvalue weighted by atomic mass is 15.2. The average Bonchev–Trinajstić information content (AvgIpc) is 2.82. The van der Waals surface area contributed by atoms with E-state index < -0.39 is 0 Å². The molecular formula is C16H18N2. The molecule has 0 amide bonds. The molecule has 0 radical (unpaired) electrons. The molecule has 1 heterocycles. The zero-order chi connectivity index (χ0) is 12.5. The van der Waals surface area contributed by atoms with E-state index in [1.165, 1.54) is 16.7 Å². The number of fused-ring (bicyclic) bond motifs is 1. The Kier molecular flexibility index (Phi) is 2.80. The normalized spacial score (nSPS) is 16.5. The second-order valence-corrected chi connectivity index (χ2v) is 5.02. The minimum Gasteiger partial charge on any atom is -0.399 e. The molecule has 2 N–H and O–H groups in total. The maximum absolute atomic E-state index is 5.74. The fraction of sp³-hybridized carbons (Fsp3) is 0.250. The van der Waals surface area contributed by atoms with Crippen LogP contribution >= 0.6 is 0 Å². The van der Waals surface area contributed by atoms with Crippen molar-refractivity contribution in [1.82, 2.24) is 4.90 Å². The average molecular weight is 238 g/mol. The van der Waals surface area contributed by atoms with Gasteiger partial charge in [0.05, 0.1) is 0 Å². The maximum atomic E-state index is 5.74. The van der Waals surface area contributed by atoms with Gasteiger partial charge in [-0.2, -0.15) is 0 Å². The number of nitrogens with zero attached hydrogens (tertiary/aromatic N) is 1. The molecule has 1 aliphatic rings. The summed E-state index contributed by atoms with van der Waals surface area (Å²) in [6.45, 7) is 4.35. The van der Waals surface area contributed by atoms with Crippen molar-refractivity contribution in [2.45, 2.75) is 26.1 Å². The van der Waals surface area contributed by atoms with E-state index in [1.54, 1.807) is 0 Å². The molecular weight excluding hydrogens is 220 g/mol. The molecule has 2 heteroatoms. The molecule has 2 aromatic rings. The summed E-state index contributed by atoms with van der Waals surface area (Å²) in [5, 5.41) is 0. The number of benzene rings is 2. The van der Waals surface area contributed by atoms with Crippen molar-refractivity contribution in [3.05, 3.63) is 65.2 Å². The Morgan fingerprint density at radius 1 is 0.944 bits per heavy atom. The van der Waals surface area contributed by atoms with Gasteiger partial charge in [-0.3, -0.25) is 4.90 Å². The lowest BCUT2D eigenvalue weighted by atomic mass is 10.1. The molecule has 0 fully saturated rings. The molecule has 92 valence electrons. The first kappa shape index (κ1) is 11.3. The van der Waals surface area contributed by atoms with Gasteiger partial charge in [0.1, 0.15) is 0 Å². The monoisotopic (exact) mass is 238 g/mol. The first-order valence-electron chi connectivity index (χ1n) is 6.40. The van der Waals surface area contributed by atoms with E-state index >= 15 is 0 Å². The molecule has 18 heavy (non-hydrogen) atoms. The minimum absolute atomic E-state index is 0.429. The van der Waals surface area contributed by atoms with Crippen molar-refractivity contribution in [3.8, 4) is 0 Å². The third-order valence-corrected chi connectivity index (χ3v) is 3.83. The molecule has 0 spiro atoms. The fourth-order valence-corrected chi connectivity index (χ4v) is 2.62. The Bertz CT molecular complexity index is 520. The van der Waals surface area contributed by atoms with Gasteiger partial charge in [0.2, 0.25) is 0 Å². The molecule has 0 aromatic heterocycles. The molecule has 1 unspecified atom stereocenters. The third-order valence-electron chi connectivity index (χ3n) is 3.83. The van der Waals surface area contributed by atoms with E-state index in [0.717, 1.165) is 18.8 Å². The Labute approximate surface area is 108 Å². The maximum Gasteiger partial charge on any atom is 0.0326 e. The van der Waals surface area contributed by atoms with Gasteiger partial charge in [-0.15, -0.1) is 0 Å². The zero-order valence-electron chi connectivity index (χ0n) is 10.6. The third kappa shape index (κ3) is 2.00. The molecule has 2 nitrogen and oxygen atoms in total. The second kappa shape index (κ2) is 4.46. The van der Waals surface area contributed by atoms with Gasteiger partial charge < -0.3 is 5.73 Å². The van der Waals surface area contributed by atoms with Crippen LogP contribution in [0, 0.1) is 0 Å². The number of nitrogen functional groups attached to an aromatic ring is 1. The summed E-state index contributed by atoms with van der Waals surface area (Å²) < 4.78 is 0. The number of rotatable bonds is 2. The Morgan fingerprint density at radius 2 is 1.50 bits per heavy atom. The number of anilines is 1. The lowest BCUT2D eigenvalue weighted by Gasteiger charge is -2.24. The summed E-state index contributed by atoms with van der Waals surface area (Å²) in [4.78, 5) is 2.50. The first-order valence-corrected chi connectivity index (χ1v) is 6.40. The predicted molar refractivity (Wildman–Crippen MR) is 75.0 cm³/mol. The van der Waals surface area contributed by atoms with E-state index in [4.69, 9.17) is 5.73 Å². The summed E-state index contributed by atoms with van der Waals surface area (Å²) in [5.41, 5.74) is 10.8. The van der Waals surface area contributed by atoms with Gasteiger partial charge in [0.15, 0.2) is 0 Å². The van der Waals surface area contributed by atoms with Gasteiger partial charge in [0.25, 0.3) is 0 Å². The minimum atomic E-state index is 0.429. The smallest absolute Gasteiger partial charge is 0.0326 e. The Balaban J connectivity index is 1.80. The van der Waals surface area contributed by atoms with E-state index in [2.05, 4.69) is 48.2 Å². The molecule has 0 saturated carbocycles. The van der Waals surface area contributed by atoms with Gasteiger partial charge in [-0.05, 0) is 35.7 Å². The number of nitrogens with two attached hydrogens (primary N) is 1. The molecule has 3 rings (SSSR count). The van der Waals surface area contributed by atoms with Crippen LogP contribution in [0.5, 0.6) is 0 Å². The van der Waals surface area contributed by atoms with E-state index in [9.17, 15) is 0 Å². The van der Waals surface area contributed by atoms with Crippen molar-refractivity contribution in [3.63, 3.8) is 0 Å². The van der Waals surface area contributed by atoms with Crippen LogP contribution in [0.2, 0.25) is 0 Å². The summed E-state index contributed by atoms with van der Waals surface area (Å²) in [6.07, 6.45) is 0. The quantitative estimate of drug-likeness (QED) is 0.813. The predicted octanol–water partition coefficient (Wildman–Crippen LogP) is 3.35. The molecule has 0 aliphatic carbocycles. The van der Waals surface area contributed by atoms with Crippen molar-refractivity contribution in [2.24, 2.45) is 0 Å². The highest BCUT2D eigenvalue weighted by Crippen LogP contribution is 2.30. The van der Waals surface area contributed by atoms with E-state index in [0.29, 0.717) is 6.04 Å². The lowest BCUT2D eigenvalue weighted by Crippen LogP contribution is -2.20. The zero-order valence-corrected chi connectivity index (χ0v) is 10.6. The SMILES string of the molecule is CC(c1ccc(N)cc1)N1Cc2ccccc2C1. The van der Waals surface area contributed by atoms with Crippen LogP contribution in [-0.2, 0) is 13.1 Å². The second-order valence-electron chi connectivity index (χ2n) is 5.02. The molecule has 2 aromatic carbocycles. The van der Waals surface area contributed by atoms with Crippen molar-refractivity contribution < 1.29 is 0 Å². The van der Waals surface area contributed by atoms with Gasteiger partial charge >= 0.3 is 0 Å². The Morgan fingerprint density at radius 3 is 2.06 bits per heavy atom. The summed E-state index contributed by atoms with van der Waals surface area (Å²) in [7, 11) is 0. The fourth-order valence-electron chi connectivity index (χ4n) is 2.62. The van der Waals surface area contributed by atoms with Crippen molar-refractivity contribution in [2.75, 3.05) is 5.73 Å². The lowest BCUT2D eigenvalue weighted by molar-refractivity contribution is 0.215. The van der Waals surface area contributed by atoms with Gasteiger partial charge in [-0.1, -0.05) is 36.4 Å². The van der Waals surface area contributed by atoms with Crippen LogP contribution < -0.4 is 5.73 Å². The Hall–Kier alpha value is -1.80. The van der Waals surface area contributed by atoms with Crippen LogP contribution in [0.4, 0.5) is 5.69 Å². The van der Waals surface area contributed by atoms with E-state index in [1.807, 2.05) is 12.1 Å². The molecule has 0 bridgehead atoms. The largest absolute Gasteiger partial charge is 0.399 e. The summed E-state index contributed by atoms with van der Waals surface area (Å²) >= 11 is 0. The van der Waals surface area contributed by atoms with Gasteiger partial charge in [0, 0.05) is 24.8 Å². The van der Waals surface area contributed by atoms with E-state index in [-0.39, 0.29) is 0 Å². The van der Waals surface area contributed by atoms with Gasteiger partial charge in [-0.25, -0.2) is 0 Å². The van der Waals surface area contributed by atoms with Crippen LogP contribution in [0.15, 0.2) is 48.5 Å². The highest BCUT2D eigenvalue weighted by Gasteiger charge is 2.23. The standard InChI is InChI=1S/C16H18N2/c1-12(13-6-8-16(17)9-7-13)18-10-14-4-2-3-5-15(14)11-18/h2-9,12H,10-11,17H2,1H3. The topological polar surface area (TPSA) is 29.3 Å². The van der Waals surface area contributed by atoms with Crippen LogP contribution in [0.1, 0.15) is 29.7 Å². The molecule has 1 aliphatic heterocycles. The highest BCUT2D eigenvalue weighted by molar-refractivity contribution is 5.40.